The molecule has 27 heavy (non-hydrogen) atoms. The van der Waals surface area contributed by atoms with Crippen LogP contribution >= 0.6 is 23.2 Å². The molecule has 2 aromatic rings. The minimum atomic E-state index is -4.77. The van der Waals surface area contributed by atoms with Crippen LogP contribution in [0.2, 0.25) is 10.0 Å². The Morgan fingerprint density at radius 3 is 2.44 bits per heavy atom. The highest BCUT2D eigenvalue weighted by Crippen LogP contribution is 2.30. The maximum absolute atomic E-state index is 12.2. The van der Waals surface area contributed by atoms with Gasteiger partial charge in [-0.3, -0.25) is 4.79 Å². The fraction of sp³-hybridized carbons (Fsp3) is 0.438. The smallest absolute Gasteiger partial charge is 0.388 e. The number of aromatic nitrogens is 3. The van der Waals surface area contributed by atoms with Crippen molar-refractivity contribution in [2.45, 2.75) is 44.1 Å². The zero-order chi connectivity index (χ0) is 19.6. The van der Waals surface area contributed by atoms with Crippen LogP contribution in [0.1, 0.15) is 31.7 Å². The fourth-order valence-electron chi connectivity index (χ4n) is 3.03. The minimum absolute atomic E-state index is 0.0424. The van der Waals surface area contributed by atoms with Crippen molar-refractivity contribution in [1.82, 2.24) is 14.8 Å². The predicted molar refractivity (Wildman–Crippen MR) is 94.4 cm³/mol. The molecule has 0 aliphatic heterocycles. The Labute approximate surface area is 162 Å². The molecule has 0 bridgehead atoms. The van der Waals surface area contributed by atoms with E-state index in [1.165, 1.54) is 23.1 Å². The second-order valence-electron chi connectivity index (χ2n) is 6.14. The van der Waals surface area contributed by atoms with Gasteiger partial charge in [-0.25, -0.2) is 9.67 Å². The second kappa shape index (κ2) is 7.93. The lowest BCUT2D eigenvalue weighted by Gasteiger charge is -2.30. The zero-order valence-corrected chi connectivity index (χ0v) is 15.4. The van der Waals surface area contributed by atoms with Crippen LogP contribution in [0.3, 0.4) is 0 Å². The number of alkyl halides is 3. The molecule has 3 rings (SSSR count). The average molecular weight is 423 g/mol. The van der Waals surface area contributed by atoms with E-state index in [-0.39, 0.29) is 22.1 Å². The van der Waals surface area contributed by atoms with E-state index in [2.05, 4.69) is 20.1 Å². The summed E-state index contributed by atoms with van der Waals surface area (Å²) in [5.41, 5.74) is 0.183. The van der Waals surface area contributed by atoms with Crippen molar-refractivity contribution in [3.8, 4) is 5.88 Å². The first-order chi connectivity index (χ1) is 12.7. The van der Waals surface area contributed by atoms with Crippen molar-refractivity contribution >= 4 is 28.9 Å². The molecule has 146 valence electrons. The molecule has 1 aliphatic carbocycles. The summed E-state index contributed by atoms with van der Waals surface area (Å²) in [4.78, 5) is 15.8. The Morgan fingerprint density at radius 1 is 1.15 bits per heavy atom. The van der Waals surface area contributed by atoms with Crippen molar-refractivity contribution < 1.29 is 17.9 Å². The van der Waals surface area contributed by atoms with Crippen LogP contribution in [0.15, 0.2) is 29.3 Å². The molecule has 2 heterocycles. The third-order valence-electron chi connectivity index (χ3n) is 4.27. The summed E-state index contributed by atoms with van der Waals surface area (Å²) in [5.74, 6) is -0.512. The Morgan fingerprint density at radius 2 is 1.85 bits per heavy atom. The summed E-state index contributed by atoms with van der Waals surface area (Å²) in [6, 6.07) is 2.66. The Bertz CT molecular complexity index is 850. The molecule has 1 N–H and O–H groups in total. The molecule has 0 unspecified atom stereocenters. The molecule has 0 radical (unpaired) electrons. The van der Waals surface area contributed by atoms with Crippen LogP contribution in [0.25, 0.3) is 0 Å². The molecule has 0 saturated heterocycles. The summed E-state index contributed by atoms with van der Waals surface area (Å²) in [6.07, 6.45) is 0.775. The van der Waals surface area contributed by atoms with Gasteiger partial charge in [0.1, 0.15) is 5.02 Å². The van der Waals surface area contributed by atoms with Gasteiger partial charge in [0.05, 0.1) is 29.1 Å². The number of hydrogen-bond donors (Lipinski definition) is 1. The molecule has 1 aliphatic rings. The van der Waals surface area contributed by atoms with Gasteiger partial charge in [0, 0.05) is 12.1 Å². The first-order valence-electron chi connectivity index (χ1n) is 8.14. The summed E-state index contributed by atoms with van der Waals surface area (Å²) in [7, 11) is 0. The first kappa shape index (κ1) is 19.8. The van der Waals surface area contributed by atoms with Gasteiger partial charge in [-0.05, 0) is 31.7 Å². The van der Waals surface area contributed by atoms with Gasteiger partial charge in [0.15, 0.2) is 0 Å². The number of pyridine rings is 1. The van der Waals surface area contributed by atoms with E-state index < -0.39 is 17.8 Å². The SMILES string of the molecule is O=c1c(Cl)c(Cl)cnn1C1CCC(Nc2ccc(OC(F)(F)F)nc2)CC1. The molecule has 6 nitrogen and oxygen atoms in total. The summed E-state index contributed by atoms with van der Waals surface area (Å²) in [5, 5.41) is 7.37. The Kier molecular flexibility index (Phi) is 5.81. The lowest BCUT2D eigenvalue weighted by molar-refractivity contribution is -0.276. The van der Waals surface area contributed by atoms with Gasteiger partial charge in [-0.2, -0.15) is 5.10 Å². The van der Waals surface area contributed by atoms with E-state index in [1.54, 1.807) is 0 Å². The number of nitrogens with one attached hydrogen (secondary N) is 1. The minimum Gasteiger partial charge on any atom is -0.388 e. The molecule has 2 aromatic heterocycles. The van der Waals surface area contributed by atoms with E-state index in [0.717, 1.165) is 18.9 Å². The summed E-state index contributed by atoms with van der Waals surface area (Å²) < 4.78 is 41.5. The lowest BCUT2D eigenvalue weighted by atomic mass is 9.91. The van der Waals surface area contributed by atoms with E-state index >= 15 is 0 Å². The molecule has 1 saturated carbocycles. The maximum atomic E-state index is 12.2. The van der Waals surface area contributed by atoms with Crippen LogP contribution in [0.5, 0.6) is 5.88 Å². The van der Waals surface area contributed by atoms with Crippen LogP contribution in [-0.4, -0.2) is 27.2 Å². The number of rotatable bonds is 4. The fourth-order valence-corrected chi connectivity index (χ4v) is 3.29. The van der Waals surface area contributed by atoms with Crippen molar-refractivity contribution in [1.29, 1.82) is 0 Å². The van der Waals surface area contributed by atoms with E-state index in [1.807, 2.05) is 0 Å². The highest BCUT2D eigenvalue weighted by Gasteiger charge is 2.31. The molecule has 0 spiro atoms. The van der Waals surface area contributed by atoms with Crippen LogP contribution in [0.4, 0.5) is 18.9 Å². The van der Waals surface area contributed by atoms with E-state index in [0.29, 0.717) is 18.5 Å². The van der Waals surface area contributed by atoms with Gasteiger partial charge in [0.25, 0.3) is 5.56 Å². The Hall–Kier alpha value is -2.00. The molecule has 0 atom stereocenters. The van der Waals surface area contributed by atoms with Crippen molar-refractivity contribution in [3.63, 3.8) is 0 Å². The van der Waals surface area contributed by atoms with Crippen molar-refractivity contribution in [2.24, 2.45) is 0 Å². The van der Waals surface area contributed by atoms with Gasteiger partial charge in [-0.1, -0.05) is 23.2 Å². The normalized spacial score (nSPS) is 20.3. The standard InChI is InChI=1S/C16H15Cl2F3N4O2/c17-12-8-23-25(15(26)14(12)18)11-4-1-9(2-5-11)24-10-3-6-13(22-7-10)27-16(19,20)21/h3,6-9,11,24H,1-2,4-5H2. The molecular formula is C16H15Cl2F3N4O2. The predicted octanol–water partition coefficient (Wildman–Crippen LogP) is 4.44. The molecular weight excluding hydrogens is 408 g/mol. The Balaban J connectivity index is 1.57. The third kappa shape index (κ3) is 5.04. The molecule has 0 aromatic carbocycles. The topological polar surface area (TPSA) is 69.0 Å². The van der Waals surface area contributed by atoms with Gasteiger partial charge in [-0.15, -0.1) is 13.2 Å². The maximum Gasteiger partial charge on any atom is 0.574 e. The number of anilines is 1. The number of hydrogen-bond acceptors (Lipinski definition) is 5. The summed E-state index contributed by atoms with van der Waals surface area (Å²) >= 11 is 11.7. The first-order valence-corrected chi connectivity index (χ1v) is 8.89. The summed E-state index contributed by atoms with van der Waals surface area (Å²) in [6.45, 7) is 0. The van der Waals surface area contributed by atoms with Gasteiger partial charge in [0.2, 0.25) is 5.88 Å². The van der Waals surface area contributed by atoms with Crippen molar-refractivity contribution in [3.05, 3.63) is 44.9 Å². The molecule has 1 fully saturated rings. The largest absolute Gasteiger partial charge is 0.574 e. The number of halogens is 5. The van der Waals surface area contributed by atoms with Crippen molar-refractivity contribution in [2.75, 3.05) is 5.32 Å². The highest BCUT2D eigenvalue weighted by atomic mass is 35.5. The van der Waals surface area contributed by atoms with Crippen LogP contribution in [0, 0.1) is 0 Å². The number of ether oxygens (including phenoxy) is 1. The molecule has 0 amide bonds. The van der Waals surface area contributed by atoms with Crippen LogP contribution in [-0.2, 0) is 0 Å². The molecule has 11 heteroatoms. The zero-order valence-electron chi connectivity index (χ0n) is 13.8. The van der Waals surface area contributed by atoms with Gasteiger partial charge >= 0.3 is 6.36 Å². The van der Waals surface area contributed by atoms with E-state index in [9.17, 15) is 18.0 Å². The average Bonchev–Trinajstić information content (AvgIpc) is 2.61. The quantitative estimate of drug-likeness (QED) is 0.788. The third-order valence-corrected chi connectivity index (χ3v) is 5.02. The monoisotopic (exact) mass is 422 g/mol. The number of nitrogens with zero attached hydrogens (tertiary/aromatic N) is 3. The second-order valence-corrected chi connectivity index (χ2v) is 6.92. The van der Waals surface area contributed by atoms with E-state index in [4.69, 9.17) is 23.2 Å². The lowest BCUT2D eigenvalue weighted by Crippen LogP contribution is -2.33. The highest BCUT2D eigenvalue weighted by molar-refractivity contribution is 6.41. The van der Waals surface area contributed by atoms with Gasteiger partial charge < -0.3 is 10.1 Å². The van der Waals surface area contributed by atoms with Crippen LogP contribution < -0.4 is 15.6 Å².